The summed E-state index contributed by atoms with van der Waals surface area (Å²) in [6.07, 6.45) is 9.63. The lowest BCUT2D eigenvalue weighted by Gasteiger charge is -2.09. The Morgan fingerprint density at radius 1 is 1.14 bits per heavy atom. The van der Waals surface area contributed by atoms with Crippen LogP contribution in [0, 0.1) is 0 Å². The molecule has 0 unspecified atom stereocenters. The van der Waals surface area contributed by atoms with Crippen LogP contribution in [0.1, 0.15) is 30.5 Å². The van der Waals surface area contributed by atoms with E-state index in [1.54, 1.807) is 6.20 Å². The van der Waals surface area contributed by atoms with Crippen molar-refractivity contribution in [3.05, 3.63) is 66.5 Å². The van der Waals surface area contributed by atoms with Crippen molar-refractivity contribution in [1.82, 2.24) is 24.5 Å². The van der Waals surface area contributed by atoms with E-state index < -0.39 is 0 Å². The molecule has 0 radical (unpaired) electrons. The van der Waals surface area contributed by atoms with Crippen LogP contribution in [-0.4, -0.2) is 24.5 Å². The van der Waals surface area contributed by atoms with Crippen LogP contribution in [0.3, 0.4) is 0 Å². The number of hydrogen-bond acceptors (Lipinski definition) is 3. The molecule has 0 bridgehead atoms. The summed E-state index contributed by atoms with van der Waals surface area (Å²) in [7, 11) is 0. The van der Waals surface area contributed by atoms with Crippen LogP contribution in [-0.2, 0) is 19.5 Å². The maximum Gasteiger partial charge on any atom is 0.0945 e. The van der Waals surface area contributed by atoms with Crippen LogP contribution in [0.2, 0.25) is 0 Å². The van der Waals surface area contributed by atoms with Gasteiger partial charge in [0.1, 0.15) is 0 Å². The molecule has 5 heteroatoms. The SMILES string of the molecule is C[C@H](Cc1cn(CCCn2ccnc2)nn1)c1ccccc1. The summed E-state index contributed by atoms with van der Waals surface area (Å²) in [5.41, 5.74) is 2.40. The molecule has 0 amide bonds. The fourth-order valence-corrected chi connectivity index (χ4v) is 2.59. The highest BCUT2D eigenvalue weighted by Crippen LogP contribution is 2.18. The number of imidazole rings is 1. The number of hydrogen-bond donors (Lipinski definition) is 0. The van der Waals surface area contributed by atoms with Gasteiger partial charge in [0.15, 0.2) is 0 Å². The fourth-order valence-electron chi connectivity index (χ4n) is 2.59. The quantitative estimate of drug-likeness (QED) is 0.673. The van der Waals surface area contributed by atoms with E-state index in [0.29, 0.717) is 5.92 Å². The fraction of sp³-hybridized carbons (Fsp3) is 0.353. The zero-order valence-electron chi connectivity index (χ0n) is 12.8. The van der Waals surface area contributed by atoms with E-state index in [4.69, 9.17) is 0 Å². The number of rotatable bonds is 7. The Kier molecular flexibility index (Phi) is 4.63. The maximum atomic E-state index is 4.29. The zero-order chi connectivity index (χ0) is 15.2. The first kappa shape index (κ1) is 14.5. The molecule has 1 atom stereocenters. The van der Waals surface area contributed by atoms with Gasteiger partial charge in [-0.05, 0) is 24.3 Å². The molecule has 22 heavy (non-hydrogen) atoms. The smallest absolute Gasteiger partial charge is 0.0945 e. The van der Waals surface area contributed by atoms with Gasteiger partial charge in [0.2, 0.25) is 0 Å². The van der Waals surface area contributed by atoms with Crippen molar-refractivity contribution in [3.8, 4) is 0 Å². The van der Waals surface area contributed by atoms with Crippen LogP contribution in [0.15, 0.2) is 55.2 Å². The third kappa shape index (κ3) is 3.81. The number of aryl methyl sites for hydroxylation is 2. The number of aromatic nitrogens is 5. The number of benzene rings is 1. The number of nitrogens with zero attached hydrogens (tertiary/aromatic N) is 5. The van der Waals surface area contributed by atoms with Crippen molar-refractivity contribution in [2.24, 2.45) is 0 Å². The van der Waals surface area contributed by atoms with E-state index in [1.807, 2.05) is 23.3 Å². The lowest BCUT2D eigenvalue weighted by atomic mass is 9.97. The van der Waals surface area contributed by atoms with Crippen molar-refractivity contribution in [3.63, 3.8) is 0 Å². The molecule has 0 spiro atoms. The van der Waals surface area contributed by atoms with E-state index in [2.05, 4.69) is 57.2 Å². The van der Waals surface area contributed by atoms with Gasteiger partial charge in [0.25, 0.3) is 0 Å². The van der Waals surface area contributed by atoms with Gasteiger partial charge in [-0.1, -0.05) is 42.5 Å². The van der Waals surface area contributed by atoms with Gasteiger partial charge in [-0.25, -0.2) is 4.98 Å². The van der Waals surface area contributed by atoms with E-state index >= 15 is 0 Å². The molecule has 2 aromatic heterocycles. The molecule has 0 N–H and O–H groups in total. The lowest BCUT2D eigenvalue weighted by Crippen LogP contribution is -2.03. The molecule has 0 saturated heterocycles. The van der Waals surface area contributed by atoms with Crippen LogP contribution in [0.5, 0.6) is 0 Å². The molecule has 0 fully saturated rings. The minimum atomic E-state index is 0.456. The van der Waals surface area contributed by atoms with Crippen molar-refractivity contribution < 1.29 is 0 Å². The monoisotopic (exact) mass is 295 g/mol. The molecule has 0 aliphatic rings. The zero-order valence-corrected chi connectivity index (χ0v) is 12.8. The van der Waals surface area contributed by atoms with Crippen LogP contribution < -0.4 is 0 Å². The predicted octanol–water partition coefficient (Wildman–Crippen LogP) is 2.91. The van der Waals surface area contributed by atoms with Gasteiger partial charge in [0, 0.05) is 31.7 Å². The summed E-state index contributed by atoms with van der Waals surface area (Å²) in [5.74, 6) is 0.456. The topological polar surface area (TPSA) is 48.5 Å². The molecule has 5 nitrogen and oxygen atoms in total. The van der Waals surface area contributed by atoms with E-state index in [0.717, 1.165) is 31.6 Å². The minimum Gasteiger partial charge on any atom is -0.337 e. The largest absolute Gasteiger partial charge is 0.337 e. The van der Waals surface area contributed by atoms with Crippen molar-refractivity contribution >= 4 is 0 Å². The first-order chi connectivity index (χ1) is 10.8. The first-order valence-corrected chi connectivity index (χ1v) is 7.71. The Labute approximate surface area is 130 Å². The van der Waals surface area contributed by atoms with Crippen molar-refractivity contribution in [2.75, 3.05) is 0 Å². The molecule has 3 aromatic rings. The molecule has 0 aliphatic carbocycles. The molecule has 0 aliphatic heterocycles. The molecular formula is C17H21N5. The molecule has 2 heterocycles. The third-order valence-corrected chi connectivity index (χ3v) is 3.83. The Bertz CT molecular complexity index is 672. The molecule has 0 saturated carbocycles. The van der Waals surface area contributed by atoms with Gasteiger partial charge >= 0.3 is 0 Å². The Morgan fingerprint density at radius 2 is 2.00 bits per heavy atom. The maximum absolute atomic E-state index is 4.29. The average Bonchev–Trinajstić information content (AvgIpc) is 3.20. The van der Waals surface area contributed by atoms with Gasteiger partial charge in [-0.3, -0.25) is 4.68 Å². The average molecular weight is 295 g/mol. The molecule has 114 valence electrons. The second kappa shape index (κ2) is 7.02. The summed E-state index contributed by atoms with van der Waals surface area (Å²) in [6.45, 7) is 4.06. The Hall–Kier alpha value is -2.43. The second-order valence-electron chi connectivity index (χ2n) is 5.64. The van der Waals surface area contributed by atoms with E-state index in [-0.39, 0.29) is 0 Å². The Balaban J connectivity index is 1.50. The van der Waals surface area contributed by atoms with Gasteiger partial charge in [-0.15, -0.1) is 5.10 Å². The summed E-state index contributed by atoms with van der Waals surface area (Å²) >= 11 is 0. The summed E-state index contributed by atoms with van der Waals surface area (Å²) in [6, 6.07) is 10.5. The normalized spacial score (nSPS) is 12.4. The highest BCUT2D eigenvalue weighted by atomic mass is 15.4. The molecule has 1 aromatic carbocycles. The summed E-state index contributed by atoms with van der Waals surface area (Å²) in [5, 5.41) is 8.51. The lowest BCUT2D eigenvalue weighted by molar-refractivity contribution is 0.514. The standard InChI is InChI=1S/C17H21N5/c1-15(16-6-3-2-4-7-16)12-17-13-22(20-19-17)10-5-9-21-11-8-18-14-21/h2-4,6-8,11,13-15H,5,9-10,12H2,1H3/t15-/m1/s1. The van der Waals surface area contributed by atoms with Crippen LogP contribution in [0.25, 0.3) is 0 Å². The van der Waals surface area contributed by atoms with Crippen LogP contribution in [0.4, 0.5) is 0 Å². The third-order valence-electron chi connectivity index (χ3n) is 3.83. The van der Waals surface area contributed by atoms with E-state index in [9.17, 15) is 0 Å². The van der Waals surface area contributed by atoms with Gasteiger partial charge < -0.3 is 4.57 Å². The minimum absolute atomic E-state index is 0.456. The summed E-state index contributed by atoms with van der Waals surface area (Å²) < 4.78 is 4.01. The highest BCUT2D eigenvalue weighted by molar-refractivity contribution is 5.20. The van der Waals surface area contributed by atoms with Gasteiger partial charge in [0.05, 0.1) is 12.0 Å². The van der Waals surface area contributed by atoms with Crippen LogP contribution >= 0.6 is 0 Å². The summed E-state index contributed by atoms with van der Waals surface area (Å²) in [4.78, 5) is 4.04. The molecule has 3 rings (SSSR count). The van der Waals surface area contributed by atoms with Crippen molar-refractivity contribution in [2.45, 2.75) is 38.8 Å². The molecular weight excluding hydrogens is 274 g/mol. The first-order valence-electron chi connectivity index (χ1n) is 7.71. The van der Waals surface area contributed by atoms with Crippen molar-refractivity contribution in [1.29, 1.82) is 0 Å². The predicted molar refractivity (Wildman–Crippen MR) is 85.4 cm³/mol. The second-order valence-corrected chi connectivity index (χ2v) is 5.64. The van der Waals surface area contributed by atoms with Gasteiger partial charge in [-0.2, -0.15) is 0 Å². The van der Waals surface area contributed by atoms with E-state index in [1.165, 1.54) is 5.56 Å². The Morgan fingerprint density at radius 3 is 2.77 bits per heavy atom. The highest BCUT2D eigenvalue weighted by Gasteiger charge is 2.09.